The molecular weight excluding hydrogens is 312 g/mol. The molecule has 0 fully saturated rings. The van der Waals surface area contributed by atoms with E-state index in [0.29, 0.717) is 6.07 Å². The average molecular weight is 321 g/mol. The van der Waals surface area contributed by atoms with Gasteiger partial charge in [0.2, 0.25) is 0 Å². The van der Waals surface area contributed by atoms with Crippen LogP contribution in [0, 0.1) is 0 Å². The van der Waals surface area contributed by atoms with Gasteiger partial charge in [-0.05, 0) is 23.8 Å². The zero-order valence-electron chi connectivity index (χ0n) is 10.8. The molecule has 2 aromatic heterocycles. The van der Waals surface area contributed by atoms with Crippen molar-refractivity contribution in [1.29, 1.82) is 0 Å². The number of hydrogen-bond donors (Lipinski definition) is 1. The topological polar surface area (TPSA) is 51.8 Å². The van der Waals surface area contributed by atoms with E-state index in [0.717, 1.165) is 30.6 Å². The molecule has 0 aliphatic rings. The highest BCUT2D eigenvalue weighted by atomic mass is 19.4. The maximum absolute atomic E-state index is 12.9. The fraction of sp³-hybridized carbons (Fsp3) is 0.231. The maximum atomic E-state index is 12.9. The number of nitrogens with zero attached hydrogens (tertiary/aromatic N) is 2. The summed E-state index contributed by atoms with van der Waals surface area (Å²) in [7, 11) is 0. The van der Waals surface area contributed by atoms with Crippen LogP contribution in [0.4, 0.5) is 26.3 Å². The van der Waals surface area contributed by atoms with E-state index in [2.05, 4.69) is 9.97 Å². The van der Waals surface area contributed by atoms with Gasteiger partial charge in [-0.3, -0.25) is 9.97 Å². The molecule has 1 unspecified atom stereocenters. The van der Waals surface area contributed by atoms with E-state index < -0.39 is 35.3 Å². The van der Waals surface area contributed by atoms with Gasteiger partial charge in [0.1, 0.15) is 5.69 Å². The average Bonchev–Trinajstić information content (AvgIpc) is 2.45. The Morgan fingerprint density at radius 3 is 2.09 bits per heavy atom. The van der Waals surface area contributed by atoms with Crippen LogP contribution in [0.15, 0.2) is 36.7 Å². The van der Waals surface area contributed by atoms with E-state index in [4.69, 9.17) is 5.73 Å². The molecule has 0 aromatic carbocycles. The van der Waals surface area contributed by atoms with Crippen LogP contribution in [0.25, 0.3) is 0 Å². The molecule has 0 aliphatic carbocycles. The van der Waals surface area contributed by atoms with E-state index in [1.807, 2.05) is 0 Å². The first-order valence-corrected chi connectivity index (χ1v) is 5.91. The van der Waals surface area contributed by atoms with Gasteiger partial charge < -0.3 is 5.73 Å². The van der Waals surface area contributed by atoms with Crippen molar-refractivity contribution < 1.29 is 26.3 Å². The molecule has 9 heteroatoms. The molecule has 118 valence electrons. The predicted octanol–water partition coefficient (Wildman–Crippen LogP) is 3.56. The van der Waals surface area contributed by atoms with Gasteiger partial charge in [0, 0.05) is 12.4 Å². The molecule has 2 rings (SSSR count). The predicted molar refractivity (Wildman–Crippen MR) is 64.5 cm³/mol. The van der Waals surface area contributed by atoms with Crippen molar-refractivity contribution >= 4 is 0 Å². The van der Waals surface area contributed by atoms with Crippen molar-refractivity contribution in [1.82, 2.24) is 9.97 Å². The van der Waals surface area contributed by atoms with Gasteiger partial charge in [-0.15, -0.1) is 0 Å². The van der Waals surface area contributed by atoms with E-state index in [-0.39, 0.29) is 5.56 Å². The fourth-order valence-electron chi connectivity index (χ4n) is 1.82. The fourth-order valence-corrected chi connectivity index (χ4v) is 1.82. The number of pyridine rings is 2. The summed E-state index contributed by atoms with van der Waals surface area (Å²) >= 11 is 0. The van der Waals surface area contributed by atoms with Gasteiger partial charge in [-0.2, -0.15) is 26.3 Å². The van der Waals surface area contributed by atoms with Gasteiger partial charge in [0.15, 0.2) is 0 Å². The monoisotopic (exact) mass is 321 g/mol. The summed E-state index contributed by atoms with van der Waals surface area (Å²) in [6, 6.07) is 2.21. The van der Waals surface area contributed by atoms with Crippen LogP contribution in [-0.2, 0) is 12.4 Å². The Labute approximate surface area is 120 Å². The molecule has 1 atom stereocenters. The summed E-state index contributed by atoms with van der Waals surface area (Å²) in [5.74, 6) is 0. The Balaban J connectivity index is 2.39. The number of halogens is 6. The highest BCUT2D eigenvalue weighted by molar-refractivity contribution is 5.33. The van der Waals surface area contributed by atoms with Crippen LogP contribution in [0.2, 0.25) is 0 Å². The standard InChI is InChI=1S/C13H9F6N3/c14-12(15,16)8-2-1-5-21-11(8)10(20)7-3-4-9(22-6-7)13(17,18)19/h1-6,10H,20H2. The van der Waals surface area contributed by atoms with Crippen molar-refractivity contribution in [3.63, 3.8) is 0 Å². The highest BCUT2D eigenvalue weighted by Gasteiger charge is 2.36. The van der Waals surface area contributed by atoms with Crippen LogP contribution >= 0.6 is 0 Å². The molecule has 0 saturated heterocycles. The minimum atomic E-state index is -4.67. The summed E-state index contributed by atoms with van der Waals surface area (Å²) in [6.45, 7) is 0. The summed E-state index contributed by atoms with van der Waals surface area (Å²) in [5.41, 5.74) is 3.02. The molecule has 0 radical (unpaired) electrons. The molecule has 0 aliphatic heterocycles. The van der Waals surface area contributed by atoms with Gasteiger partial charge in [0.25, 0.3) is 0 Å². The van der Waals surface area contributed by atoms with E-state index in [1.54, 1.807) is 0 Å². The number of rotatable bonds is 2. The number of alkyl halides is 6. The zero-order valence-corrected chi connectivity index (χ0v) is 10.8. The lowest BCUT2D eigenvalue weighted by Gasteiger charge is -2.17. The molecular formula is C13H9F6N3. The Morgan fingerprint density at radius 2 is 1.59 bits per heavy atom. The van der Waals surface area contributed by atoms with E-state index in [9.17, 15) is 26.3 Å². The lowest BCUT2D eigenvalue weighted by molar-refractivity contribution is -0.141. The lowest BCUT2D eigenvalue weighted by atomic mass is 10.0. The third-order valence-corrected chi connectivity index (χ3v) is 2.87. The normalized spacial score (nSPS) is 14.0. The van der Waals surface area contributed by atoms with Crippen molar-refractivity contribution in [2.24, 2.45) is 5.73 Å². The molecule has 0 saturated carbocycles. The SMILES string of the molecule is NC(c1ccc(C(F)(F)F)nc1)c1ncccc1C(F)(F)F. The van der Waals surface area contributed by atoms with Gasteiger partial charge >= 0.3 is 12.4 Å². The second-order valence-electron chi connectivity index (χ2n) is 4.39. The Bertz CT molecular complexity index is 648. The van der Waals surface area contributed by atoms with Gasteiger partial charge in [0.05, 0.1) is 17.3 Å². The van der Waals surface area contributed by atoms with Crippen LogP contribution in [0.1, 0.15) is 28.6 Å². The maximum Gasteiger partial charge on any atom is 0.433 e. The van der Waals surface area contributed by atoms with Gasteiger partial charge in [-0.1, -0.05) is 6.07 Å². The largest absolute Gasteiger partial charge is 0.433 e. The number of aromatic nitrogens is 2. The van der Waals surface area contributed by atoms with Crippen molar-refractivity contribution in [3.05, 3.63) is 59.2 Å². The molecule has 2 N–H and O–H groups in total. The summed E-state index contributed by atoms with van der Waals surface area (Å²) in [6.07, 6.45) is -7.38. The first-order chi connectivity index (χ1) is 10.1. The third kappa shape index (κ3) is 3.35. The van der Waals surface area contributed by atoms with Crippen LogP contribution in [0.3, 0.4) is 0 Å². The quantitative estimate of drug-likeness (QED) is 0.861. The smallest absolute Gasteiger partial charge is 0.319 e. The van der Waals surface area contributed by atoms with Crippen LogP contribution < -0.4 is 5.73 Å². The Morgan fingerprint density at radius 1 is 0.909 bits per heavy atom. The second kappa shape index (κ2) is 5.56. The molecule has 0 bridgehead atoms. The molecule has 22 heavy (non-hydrogen) atoms. The molecule has 2 aromatic rings. The Hall–Kier alpha value is -2.16. The first kappa shape index (κ1) is 16.2. The van der Waals surface area contributed by atoms with Crippen molar-refractivity contribution in [3.8, 4) is 0 Å². The highest BCUT2D eigenvalue weighted by Crippen LogP contribution is 2.35. The third-order valence-electron chi connectivity index (χ3n) is 2.87. The summed E-state index contributed by atoms with van der Waals surface area (Å²) in [4.78, 5) is 6.77. The van der Waals surface area contributed by atoms with Gasteiger partial charge in [-0.25, -0.2) is 0 Å². The van der Waals surface area contributed by atoms with Crippen molar-refractivity contribution in [2.45, 2.75) is 18.4 Å². The van der Waals surface area contributed by atoms with Crippen LogP contribution in [0.5, 0.6) is 0 Å². The molecule has 0 spiro atoms. The van der Waals surface area contributed by atoms with Crippen molar-refractivity contribution in [2.75, 3.05) is 0 Å². The van der Waals surface area contributed by atoms with E-state index >= 15 is 0 Å². The molecule has 2 heterocycles. The number of hydrogen-bond acceptors (Lipinski definition) is 3. The zero-order chi connectivity index (χ0) is 16.5. The Kier molecular flexibility index (Phi) is 4.10. The summed E-state index contributed by atoms with van der Waals surface area (Å²) in [5, 5.41) is 0. The number of nitrogens with two attached hydrogens (primary N) is 1. The summed E-state index contributed by atoms with van der Waals surface area (Å²) < 4.78 is 75.9. The minimum absolute atomic E-state index is 0.00259. The van der Waals surface area contributed by atoms with E-state index in [1.165, 1.54) is 0 Å². The lowest BCUT2D eigenvalue weighted by Crippen LogP contribution is -2.20. The van der Waals surface area contributed by atoms with Crippen LogP contribution in [-0.4, -0.2) is 9.97 Å². The molecule has 3 nitrogen and oxygen atoms in total. The molecule has 0 amide bonds. The minimum Gasteiger partial charge on any atom is -0.319 e. The second-order valence-corrected chi connectivity index (χ2v) is 4.39. The first-order valence-electron chi connectivity index (χ1n) is 5.91.